The summed E-state index contributed by atoms with van der Waals surface area (Å²) in [5.41, 5.74) is -0.569. The molecule has 2 rings (SSSR count). The molecule has 23 heavy (non-hydrogen) atoms. The van der Waals surface area contributed by atoms with Gasteiger partial charge in [-0.1, -0.05) is 0 Å². The van der Waals surface area contributed by atoms with Gasteiger partial charge in [0.1, 0.15) is 5.60 Å². The van der Waals surface area contributed by atoms with E-state index in [1.54, 1.807) is 20.8 Å². The van der Waals surface area contributed by atoms with E-state index < -0.39 is 27.4 Å². The summed E-state index contributed by atoms with van der Waals surface area (Å²) in [6, 6.07) is -0.168. The summed E-state index contributed by atoms with van der Waals surface area (Å²) in [5.74, 6) is -0.353. The van der Waals surface area contributed by atoms with Gasteiger partial charge in [0.15, 0.2) is 9.84 Å². The van der Waals surface area contributed by atoms with Crippen molar-refractivity contribution >= 4 is 21.8 Å². The summed E-state index contributed by atoms with van der Waals surface area (Å²) in [7, 11) is -3.08. The van der Waals surface area contributed by atoms with Crippen LogP contribution in [0.1, 0.15) is 40.0 Å². The lowest BCUT2D eigenvalue weighted by atomic mass is 10.1. The van der Waals surface area contributed by atoms with Gasteiger partial charge in [-0.05, 0) is 46.0 Å². The third-order valence-electron chi connectivity index (χ3n) is 3.99. The Hall–Kier alpha value is -1.31. The fraction of sp³-hybridized carbons (Fsp3) is 0.867. The highest BCUT2D eigenvalue weighted by molar-refractivity contribution is 7.91. The van der Waals surface area contributed by atoms with Crippen molar-refractivity contribution in [2.45, 2.75) is 51.7 Å². The number of hydrogen-bond donors (Lipinski definition) is 2. The van der Waals surface area contributed by atoms with E-state index in [1.165, 1.54) is 0 Å². The van der Waals surface area contributed by atoms with Crippen molar-refractivity contribution in [2.75, 3.05) is 18.1 Å². The summed E-state index contributed by atoms with van der Waals surface area (Å²) >= 11 is 0. The zero-order chi connectivity index (χ0) is 17.3. The van der Waals surface area contributed by atoms with Gasteiger partial charge in [0.05, 0.1) is 17.4 Å². The Kier molecular flexibility index (Phi) is 5.23. The predicted molar refractivity (Wildman–Crippen MR) is 85.7 cm³/mol. The number of alkyl carbamates (subject to hydrolysis) is 1. The second-order valence-corrected chi connectivity index (χ2v) is 9.66. The van der Waals surface area contributed by atoms with E-state index in [0.717, 1.165) is 12.8 Å². The van der Waals surface area contributed by atoms with E-state index >= 15 is 0 Å². The van der Waals surface area contributed by atoms with E-state index in [0.29, 0.717) is 18.9 Å². The maximum Gasteiger partial charge on any atom is 0.407 e. The molecule has 2 N–H and O–H groups in total. The Balaban J connectivity index is 1.82. The van der Waals surface area contributed by atoms with Gasteiger partial charge in [0.25, 0.3) is 0 Å². The van der Waals surface area contributed by atoms with Crippen molar-refractivity contribution in [3.05, 3.63) is 0 Å². The molecule has 1 heterocycles. The van der Waals surface area contributed by atoms with Crippen LogP contribution in [0.25, 0.3) is 0 Å². The normalized spacial score (nSPS) is 24.7. The Morgan fingerprint density at radius 3 is 2.35 bits per heavy atom. The number of carbonyl (C=O) groups excluding carboxylic acids is 2. The van der Waals surface area contributed by atoms with Gasteiger partial charge in [-0.15, -0.1) is 0 Å². The monoisotopic (exact) mass is 346 g/mol. The minimum Gasteiger partial charge on any atom is -0.444 e. The fourth-order valence-electron chi connectivity index (χ4n) is 2.64. The molecule has 0 bridgehead atoms. The largest absolute Gasteiger partial charge is 0.444 e. The average molecular weight is 346 g/mol. The minimum absolute atomic E-state index is 0.0737. The number of ether oxygens (including phenoxy) is 1. The molecule has 0 aromatic heterocycles. The van der Waals surface area contributed by atoms with Crippen LogP contribution in [-0.2, 0) is 19.4 Å². The summed E-state index contributed by atoms with van der Waals surface area (Å²) in [6.07, 6.45) is 1.87. The van der Waals surface area contributed by atoms with Crippen LogP contribution in [-0.4, -0.2) is 50.1 Å². The Labute approximate surface area is 137 Å². The molecule has 2 unspecified atom stereocenters. The summed E-state index contributed by atoms with van der Waals surface area (Å²) in [4.78, 5) is 23.9. The standard InChI is InChI=1S/C15H26N2O5S/c1-15(2,3)22-14(19)16-8-12(10-4-5-10)17-13(18)11-6-7-23(20,21)9-11/h10-12H,4-9H2,1-3H3,(H,16,19)(H,17,18). The van der Waals surface area contributed by atoms with E-state index in [4.69, 9.17) is 4.74 Å². The van der Waals surface area contributed by atoms with Crippen LogP contribution >= 0.6 is 0 Å². The number of hydrogen-bond acceptors (Lipinski definition) is 5. The van der Waals surface area contributed by atoms with Crippen LogP contribution in [0.2, 0.25) is 0 Å². The second-order valence-electron chi connectivity index (χ2n) is 7.44. The Morgan fingerprint density at radius 1 is 1.22 bits per heavy atom. The number of nitrogens with one attached hydrogen (secondary N) is 2. The fourth-order valence-corrected chi connectivity index (χ4v) is 4.39. The number of sulfone groups is 1. The lowest BCUT2D eigenvalue weighted by molar-refractivity contribution is -0.125. The molecule has 1 saturated heterocycles. The average Bonchev–Trinajstić information content (AvgIpc) is 3.16. The summed E-state index contributed by atoms with van der Waals surface area (Å²) in [5, 5.41) is 5.58. The minimum atomic E-state index is -3.08. The van der Waals surface area contributed by atoms with Gasteiger partial charge in [-0.3, -0.25) is 4.79 Å². The van der Waals surface area contributed by atoms with Crippen molar-refractivity contribution < 1.29 is 22.7 Å². The van der Waals surface area contributed by atoms with Crippen molar-refractivity contribution in [1.29, 1.82) is 0 Å². The van der Waals surface area contributed by atoms with Crippen molar-refractivity contribution in [3.63, 3.8) is 0 Å². The van der Waals surface area contributed by atoms with Crippen molar-refractivity contribution in [3.8, 4) is 0 Å². The topological polar surface area (TPSA) is 102 Å². The van der Waals surface area contributed by atoms with Gasteiger partial charge in [0.2, 0.25) is 5.91 Å². The molecule has 1 aliphatic carbocycles. The summed E-state index contributed by atoms with van der Waals surface area (Å²) in [6.45, 7) is 5.65. The third kappa shape index (κ3) is 6.01. The molecule has 1 saturated carbocycles. The molecule has 8 heteroatoms. The van der Waals surface area contributed by atoms with Crippen LogP contribution in [0.3, 0.4) is 0 Å². The molecule has 2 aliphatic rings. The first-order valence-corrected chi connectivity index (χ1v) is 9.85. The molecular formula is C15H26N2O5S. The first kappa shape index (κ1) is 18.0. The lowest BCUT2D eigenvalue weighted by Crippen LogP contribution is -2.48. The quantitative estimate of drug-likeness (QED) is 0.768. The van der Waals surface area contributed by atoms with Gasteiger partial charge in [0, 0.05) is 12.6 Å². The van der Waals surface area contributed by atoms with Crippen LogP contribution in [0.5, 0.6) is 0 Å². The van der Waals surface area contributed by atoms with Crippen molar-refractivity contribution in [2.24, 2.45) is 11.8 Å². The van der Waals surface area contributed by atoms with Gasteiger partial charge in [-0.2, -0.15) is 0 Å². The predicted octanol–water partition coefficient (Wildman–Crippen LogP) is 0.841. The van der Waals surface area contributed by atoms with Crippen molar-refractivity contribution in [1.82, 2.24) is 10.6 Å². The van der Waals surface area contributed by atoms with Gasteiger partial charge < -0.3 is 15.4 Å². The Bertz CT molecular complexity index is 563. The molecule has 0 radical (unpaired) electrons. The zero-order valence-corrected chi connectivity index (χ0v) is 14.7. The Morgan fingerprint density at radius 2 is 1.87 bits per heavy atom. The molecule has 132 valence electrons. The van der Waals surface area contributed by atoms with E-state index in [9.17, 15) is 18.0 Å². The van der Waals surface area contributed by atoms with E-state index in [1.807, 2.05) is 0 Å². The highest BCUT2D eigenvalue weighted by atomic mass is 32.2. The summed E-state index contributed by atoms with van der Waals surface area (Å²) < 4.78 is 28.1. The maximum absolute atomic E-state index is 12.2. The van der Waals surface area contributed by atoms with Crippen LogP contribution < -0.4 is 10.6 Å². The lowest BCUT2D eigenvalue weighted by Gasteiger charge is -2.23. The third-order valence-corrected chi connectivity index (χ3v) is 5.76. The molecule has 0 spiro atoms. The molecule has 2 amide bonds. The molecular weight excluding hydrogens is 320 g/mol. The van der Waals surface area contributed by atoms with Crippen LogP contribution in [0, 0.1) is 11.8 Å². The molecule has 2 fully saturated rings. The highest BCUT2D eigenvalue weighted by Crippen LogP contribution is 2.33. The molecule has 0 aromatic carbocycles. The molecule has 0 aromatic rings. The SMILES string of the molecule is CC(C)(C)OC(=O)NCC(NC(=O)C1CCS(=O)(=O)C1)C1CC1. The zero-order valence-electron chi connectivity index (χ0n) is 13.9. The molecule has 7 nitrogen and oxygen atoms in total. The molecule has 2 atom stereocenters. The number of rotatable bonds is 5. The number of amides is 2. The smallest absolute Gasteiger partial charge is 0.407 e. The number of carbonyl (C=O) groups is 2. The van der Waals surface area contributed by atoms with Crippen LogP contribution in [0.15, 0.2) is 0 Å². The molecule has 1 aliphatic heterocycles. The van der Waals surface area contributed by atoms with Gasteiger partial charge >= 0.3 is 6.09 Å². The second kappa shape index (κ2) is 6.67. The maximum atomic E-state index is 12.2. The first-order valence-electron chi connectivity index (χ1n) is 8.03. The first-order chi connectivity index (χ1) is 10.6. The van der Waals surface area contributed by atoms with Gasteiger partial charge in [-0.25, -0.2) is 13.2 Å². The highest BCUT2D eigenvalue weighted by Gasteiger charge is 2.37. The van der Waals surface area contributed by atoms with E-state index in [2.05, 4.69) is 10.6 Å². The van der Waals surface area contributed by atoms with E-state index in [-0.39, 0.29) is 23.5 Å². The van der Waals surface area contributed by atoms with Crippen LogP contribution in [0.4, 0.5) is 4.79 Å².